The zero-order chi connectivity index (χ0) is 16.0. The summed E-state index contributed by atoms with van der Waals surface area (Å²) in [6, 6.07) is 16.6. The minimum absolute atomic E-state index is 0.313. The predicted molar refractivity (Wildman–Crippen MR) is 86.6 cm³/mol. The third-order valence-corrected chi connectivity index (χ3v) is 4.51. The average Bonchev–Trinajstić information content (AvgIpc) is 3.27. The van der Waals surface area contributed by atoms with Crippen molar-refractivity contribution >= 4 is 23.6 Å². The summed E-state index contributed by atoms with van der Waals surface area (Å²) in [4.78, 5) is 12.4. The molecule has 2 aromatic carbocycles. The van der Waals surface area contributed by atoms with Crippen LogP contribution in [-0.2, 0) is 9.53 Å². The quantitative estimate of drug-likeness (QED) is 0.834. The lowest BCUT2D eigenvalue weighted by atomic mass is 9.94. The Morgan fingerprint density at radius 3 is 2.52 bits per heavy atom. The number of hydrogen-bond donors (Lipinski definition) is 2. The molecule has 4 rings (SSSR count). The highest BCUT2D eigenvalue weighted by Gasteiger charge is 2.71. The molecule has 4 nitrogen and oxygen atoms in total. The van der Waals surface area contributed by atoms with Crippen molar-refractivity contribution in [1.82, 2.24) is 5.32 Å². The van der Waals surface area contributed by atoms with Gasteiger partial charge in [-0.3, -0.25) is 4.79 Å². The first-order valence-electron chi connectivity index (χ1n) is 7.31. The summed E-state index contributed by atoms with van der Waals surface area (Å²) in [6.07, 6.45) is 0.282. The molecule has 0 bridgehead atoms. The SMILES string of the molecule is O=C1N/C(=C\c2ccccc2)C(O)C12OC2c1ccc(Cl)cc1. The highest BCUT2D eigenvalue weighted by molar-refractivity contribution is 6.30. The Hall–Kier alpha value is -2.14. The molecule has 2 aliphatic rings. The van der Waals surface area contributed by atoms with Crippen LogP contribution in [-0.4, -0.2) is 22.7 Å². The second-order valence-electron chi connectivity index (χ2n) is 5.71. The molecule has 23 heavy (non-hydrogen) atoms. The molecule has 2 fully saturated rings. The number of benzene rings is 2. The molecule has 5 heteroatoms. The Kier molecular flexibility index (Phi) is 3.27. The fraction of sp³-hybridized carbons (Fsp3) is 0.167. The van der Waals surface area contributed by atoms with E-state index in [2.05, 4.69) is 5.32 Å². The van der Waals surface area contributed by atoms with Gasteiger partial charge >= 0.3 is 0 Å². The number of ether oxygens (including phenoxy) is 1. The van der Waals surface area contributed by atoms with E-state index >= 15 is 0 Å². The van der Waals surface area contributed by atoms with Crippen LogP contribution in [0.1, 0.15) is 17.2 Å². The molecule has 3 unspecified atom stereocenters. The minimum Gasteiger partial charge on any atom is -0.383 e. The van der Waals surface area contributed by atoms with E-state index in [-0.39, 0.29) is 5.91 Å². The number of aliphatic hydroxyl groups excluding tert-OH is 1. The van der Waals surface area contributed by atoms with E-state index in [1.807, 2.05) is 30.3 Å². The Labute approximate surface area is 138 Å². The van der Waals surface area contributed by atoms with Crippen molar-refractivity contribution in [3.05, 3.63) is 76.4 Å². The van der Waals surface area contributed by atoms with Crippen LogP contribution in [0.4, 0.5) is 0 Å². The van der Waals surface area contributed by atoms with Gasteiger partial charge in [0, 0.05) is 5.02 Å². The molecule has 2 heterocycles. The minimum atomic E-state index is -1.23. The number of epoxide rings is 1. The van der Waals surface area contributed by atoms with Gasteiger partial charge in [0.25, 0.3) is 5.91 Å². The standard InChI is InChI=1S/C18H14ClNO3/c19-13-8-6-12(7-9-13)16-18(23-16)15(21)14(20-17(18)22)10-11-4-2-1-3-5-11/h1-10,15-16,21H,(H,20,22)/b14-10-. The molecular formula is C18H14ClNO3. The van der Waals surface area contributed by atoms with Gasteiger partial charge in [-0.1, -0.05) is 54.1 Å². The lowest BCUT2D eigenvalue weighted by molar-refractivity contribution is -0.125. The van der Waals surface area contributed by atoms with Crippen molar-refractivity contribution < 1.29 is 14.6 Å². The topological polar surface area (TPSA) is 61.9 Å². The highest BCUT2D eigenvalue weighted by Crippen LogP contribution is 2.55. The molecule has 3 atom stereocenters. The highest BCUT2D eigenvalue weighted by atomic mass is 35.5. The Bertz CT molecular complexity index is 788. The van der Waals surface area contributed by atoms with E-state index in [1.54, 1.807) is 30.3 Å². The number of halogens is 1. The smallest absolute Gasteiger partial charge is 0.262 e. The van der Waals surface area contributed by atoms with Crippen LogP contribution < -0.4 is 5.32 Å². The number of amides is 1. The van der Waals surface area contributed by atoms with E-state index in [0.29, 0.717) is 10.7 Å². The summed E-state index contributed by atoms with van der Waals surface area (Å²) in [7, 11) is 0. The molecule has 2 N–H and O–H groups in total. The van der Waals surface area contributed by atoms with Gasteiger partial charge in [-0.05, 0) is 29.3 Å². The lowest BCUT2D eigenvalue weighted by Gasteiger charge is -2.07. The van der Waals surface area contributed by atoms with E-state index in [0.717, 1.165) is 11.1 Å². The molecule has 0 aliphatic carbocycles. The van der Waals surface area contributed by atoms with E-state index in [9.17, 15) is 9.90 Å². The van der Waals surface area contributed by atoms with Crippen molar-refractivity contribution in [3.63, 3.8) is 0 Å². The van der Waals surface area contributed by atoms with E-state index in [4.69, 9.17) is 16.3 Å². The van der Waals surface area contributed by atoms with E-state index < -0.39 is 17.8 Å². The largest absolute Gasteiger partial charge is 0.383 e. The van der Waals surface area contributed by atoms with Gasteiger partial charge in [0.2, 0.25) is 5.60 Å². The van der Waals surface area contributed by atoms with Crippen molar-refractivity contribution in [1.29, 1.82) is 0 Å². The molecular weight excluding hydrogens is 314 g/mol. The molecule has 2 saturated heterocycles. The summed E-state index contributed by atoms with van der Waals surface area (Å²) in [5.41, 5.74) is 0.957. The summed E-state index contributed by atoms with van der Waals surface area (Å²) in [6.45, 7) is 0. The first-order valence-corrected chi connectivity index (χ1v) is 7.68. The zero-order valence-electron chi connectivity index (χ0n) is 12.1. The van der Waals surface area contributed by atoms with E-state index in [1.165, 1.54) is 0 Å². The monoisotopic (exact) mass is 327 g/mol. The molecule has 1 spiro atoms. The molecule has 1 amide bonds. The van der Waals surface area contributed by atoms with Gasteiger partial charge in [-0.15, -0.1) is 0 Å². The number of nitrogens with one attached hydrogen (secondary N) is 1. The maximum Gasteiger partial charge on any atom is 0.262 e. The molecule has 2 aromatic rings. The van der Waals surface area contributed by atoms with Crippen LogP contribution in [0.3, 0.4) is 0 Å². The van der Waals surface area contributed by atoms with Crippen LogP contribution in [0, 0.1) is 0 Å². The summed E-state index contributed by atoms with van der Waals surface area (Å²) in [5.74, 6) is -0.313. The van der Waals surface area contributed by atoms with Crippen molar-refractivity contribution in [2.24, 2.45) is 0 Å². The third kappa shape index (κ3) is 2.27. The van der Waals surface area contributed by atoms with Crippen LogP contribution in [0.2, 0.25) is 5.02 Å². The van der Waals surface area contributed by atoms with Gasteiger partial charge in [0.15, 0.2) is 0 Å². The number of carbonyl (C=O) groups excluding carboxylic acids is 1. The third-order valence-electron chi connectivity index (χ3n) is 4.25. The Balaban J connectivity index is 1.63. The number of aliphatic hydroxyl groups is 1. The fourth-order valence-corrected chi connectivity index (χ4v) is 3.12. The summed E-state index contributed by atoms with van der Waals surface area (Å²) < 4.78 is 5.64. The van der Waals surface area contributed by atoms with Crippen LogP contribution >= 0.6 is 11.6 Å². The second-order valence-corrected chi connectivity index (χ2v) is 6.15. The number of hydrogen-bond acceptors (Lipinski definition) is 3. The zero-order valence-corrected chi connectivity index (χ0v) is 12.8. The molecule has 2 aliphatic heterocycles. The van der Waals surface area contributed by atoms with Gasteiger partial charge < -0.3 is 15.2 Å². The second kappa shape index (κ2) is 5.20. The Morgan fingerprint density at radius 2 is 1.83 bits per heavy atom. The Morgan fingerprint density at radius 1 is 1.13 bits per heavy atom. The predicted octanol–water partition coefficient (Wildman–Crippen LogP) is 2.68. The number of carbonyl (C=O) groups is 1. The maximum absolute atomic E-state index is 12.4. The summed E-state index contributed by atoms with van der Waals surface area (Å²) >= 11 is 5.88. The maximum atomic E-state index is 12.4. The van der Waals surface area contributed by atoms with Crippen molar-refractivity contribution in [2.45, 2.75) is 17.8 Å². The fourth-order valence-electron chi connectivity index (χ4n) is 2.99. The average molecular weight is 328 g/mol. The molecule has 0 saturated carbocycles. The van der Waals surface area contributed by atoms with Crippen molar-refractivity contribution in [2.75, 3.05) is 0 Å². The lowest BCUT2D eigenvalue weighted by Crippen LogP contribution is -2.32. The van der Waals surface area contributed by atoms with Crippen molar-refractivity contribution in [3.8, 4) is 0 Å². The first kappa shape index (κ1) is 14.5. The molecule has 116 valence electrons. The summed E-state index contributed by atoms with van der Waals surface area (Å²) in [5, 5.41) is 13.9. The first-order chi connectivity index (χ1) is 11.1. The van der Waals surface area contributed by atoms with Gasteiger partial charge in [0.05, 0.1) is 5.70 Å². The number of rotatable bonds is 2. The van der Waals surface area contributed by atoms with Gasteiger partial charge in [-0.2, -0.15) is 0 Å². The normalized spacial score (nSPS) is 30.7. The molecule has 0 radical (unpaired) electrons. The van der Waals surface area contributed by atoms with Crippen LogP contribution in [0.5, 0.6) is 0 Å². The van der Waals surface area contributed by atoms with Gasteiger partial charge in [-0.25, -0.2) is 0 Å². The molecule has 0 aromatic heterocycles. The van der Waals surface area contributed by atoms with Crippen LogP contribution in [0.15, 0.2) is 60.3 Å². The van der Waals surface area contributed by atoms with Crippen LogP contribution in [0.25, 0.3) is 6.08 Å². The van der Waals surface area contributed by atoms with Gasteiger partial charge in [0.1, 0.15) is 12.2 Å².